The number of nitrogens with zero attached hydrogens (tertiary/aromatic N) is 1. The Morgan fingerprint density at radius 2 is 2.25 bits per heavy atom. The number of hydrogen-bond acceptors (Lipinski definition) is 3. The van der Waals surface area contributed by atoms with Crippen LogP contribution in [-0.2, 0) is 4.79 Å². The van der Waals surface area contributed by atoms with Gasteiger partial charge in [-0.25, -0.2) is 0 Å². The highest BCUT2D eigenvalue weighted by Crippen LogP contribution is 1.82. The lowest BCUT2D eigenvalue weighted by atomic mass is 10.3. The van der Waals surface area contributed by atoms with Crippen LogP contribution in [-0.4, -0.2) is 17.8 Å². The number of hydrogen-bond donors (Lipinski definition) is 0. The fourth-order valence-corrected chi connectivity index (χ4v) is 0.280. The fourth-order valence-electron chi connectivity index (χ4n) is 0.280. The summed E-state index contributed by atoms with van der Waals surface area (Å²) in [5.74, 6) is 0. The molecule has 45 valence electrons. The summed E-state index contributed by atoms with van der Waals surface area (Å²) in [4.78, 5) is 18.5. The van der Waals surface area contributed by atoms with Crippen LogP contribution in [0.4, 0.5) is 0 Å². The molecular formula is C4H6NO3. The van der Waals surface area contributed by atoms with Crippen LogP contribution in [0.2, 0.25) is 0 Å². The zero-order valence-corrected chi connectivity index (χ0v) is 4.29. The van der Waals surface area contributed by atoms with Gasteiger partial charge in [-0.1, -0.05) is 0 Å². The lowest BCUT2D eigenvalue weighted by Crippen LogP contribution is -1.99. The van der Waals surface area contributed by atoms with Crippen LogP contribution in [0.1, 0.15) is 12.8 Å². The summed E-state index contributed by atoms with van der Waals surface area (Å²) >= 11 is 0. The Kier molecular flexibility index (Phi) is 3.74. The van der Waals surface area contributed by atoms with Gasteiger partial charge in [0.1, 0.15) is 0 Å². The van der Waals surface area contributed by atoms with Crippen molar-refractivity contribution < 1.29 is 9.72 Å². The predicted octanol–water partition coefficient (Wildman–Crippen LogP) is 0.153. The normalized spacial score (nSPS) is 8.50. The van der Waals surface area contributed by atoms with E-state index in [9.17, 15) is 14.9 Å². The fraction of sp³-hybridized carbons (Fsp3) is 0.750. The molecule has 0 saturated heterocycles. The summed E-state index contributed by atoms with van der Waals surface area (Å²) in [5.41, 5.74) is 0. The van der Waals surface area contributed by atoms with Gasteiger partial charge in [0, 0.05) is 17.8 Å². The van der Waals surface area contributed by atoms with Crippen molar-refractivity contribution in [3.63, 3.8) is 0 Å². The van der Waals surface area contributed by atoms with Gasteiger partial charge < -0.3 is 0 Å². The Bertz CT molecular complexity index is 91.3. The molecule has 0 saturated carbocycles. The monoisotopic (exact) mass is 116 g/mol. The molecule has 0 amide bonds. The summed E-state index contributed by atoms with van der Waals surface area (Å²) in [5, 5.41) is 9.55. The molecule has 0 fully saturated rings. The molecule has 0 aromatic heterocycles. The number of nitro groups is 1. The Balaban J connectivity index is 2.93. The molecule has 8 heavy (non-hydrogen) atoms. The van der Waals surface area contributed by atoms with Crippen LogP contribution < -0.4 is 0 Å². The van der Waals surface area contributed by atoms with Crippen molar-refractivity contribution in [3.05, 3.63) is 10.1 Å². The molecule has 0 aromatic carbocycles. The Morgan fingerprint density at radius 3 is 2.62 bits per heavy atom. The first-order valence-corrected chi connectivity index (χ1v) is 2.24. The molecule has 0 aliphatic carbocycles. The Morgan fingerprint density at radius 1 is 1.62 bits per heavy atom. The molecule has 0 spiro atoms. The number of unbranched alkanes of at least 4 members (excludes halogenated alkanes) is 1. The van der Waals surface area contributed by atoms with E-state index in [0.29, 0.717) is 6.42 Å². The molecule has 0 rings (SSSR count). The zero-order valence-electron chi connectivity index (χ0n) is 4.29. The van der Waals surface area contributed by atoms with Crippen molar-refractivity contribution in [1.29, 1.82) is 0 Å². The molecule has 0 aromatic rings. The van der Waals surface area contributed by atoms with Gasteiger partial charge in [-0.3, -0.25) is 14.9 Å². The summed E-state index contributed by atoms with van der Waals surface area (Å²) in [7, 11) is 0. The molecule has 1 radical (unpaired) electrons. The van der Waals surface area contributed by atoms with Crippen LogP contribution in [0.15, 0.2) is 0 Å². The zero-order chi connectivity index (χ0) is 6.41. The van der Waals surface area contributed by atoms with E-state index in [1.165, 1.54) is 0 Å². The van der Waals surface area contributed by atoms with Gasteiger partial charge in [-0.05, 0) is 0 Å². The van der Waals surface area contributed by atoms with E-state index in [4.69, 9.17) is 0 Å². The predicted molar refractivity (Wildman–Crippen MR) is 26.8 cm³/mol. The third kappa shape index (κ3) is 5.07. The molecule has 0 heterocycles. The van der Waals surface area contributed by atoms with Gasteiger partial charge in [-0.15, -0.1) is 0 Å². The van der Waals surface area contributed by atoms with Crippen LogP contribution >= 0.6 is 0 Å². The lowest BCUT2D eigenvalue weighted by molar-refractivity contribution is -0.480. The Hall–Kier alpha value is -0.930. The summed E-state index contributed by atoms with van der Waals surface area (Å²) in [6, 6.07) is 0. The quantitative estimate of drug-likeness (QED) is 0.298. The van der Waals surface area contributed by atoms with Crippen LogP contribution in [0, 0.1) is 10.1 Å². The summed E-state index contributed by atoms with van der Waals surface area (Å²) in [6.45, 7) is -0.130. The second-order valence-electron chi connectivity index (χ2n) is 1.30. The van der Waals surface area contributed by atoms with Crippen molar-refractivity contribution in [3.8, 4) is 0 Å². The smallest absolute Gasteiger partial charge is 0.204 e. The van der Waals surface area contributed by atoms with E-state index in [0.717, 1.165) is 0 Å². The van der Waals surface area contributed by atoms with Gasteiger partial charge in [0.15, 0.2) is 6.29 Å². The number of carbonyl (C=O) groups excluding carboxylic acids is 1. The molecule has 4 nitrogen and oxygen atoms in total. The largest absolute Gasteiger partial charge is 0.291 e. The molecule has 4 heteroatoms. The van der Waals surface area contributed by atoms with Gasteiger partial charge in [0.2, 0.25) is 6.54 Å². The minimum Gasteiger partial charge on any atom is -0.291 e. The standard InChI is InChI=1S/C4H6NO3/c6-4-2-1-3-5(7)8/h1-3H2. The van der Waals surface area contributed by atoms with E-state index in [-0.39, 0.29) is 13.0 Å². The SMILES string of the molecule is O=[C]CCC[N+](=O)[O-]. The van der Waals surface area contributed by atoms with E-state index in [1.54, 1.807) is 6.29 Å². The Labute approximate surface area is 46.6 Å². The van der Waals surface area contributed by atoms with Gasteiger partial charge >= 0.3 is 0 Å². The maximum Gasteiger partial charge on any atom is 0.204 e. The second-order valence-corrected chi connectivity index (χ2v) is 1.30. The highest BCUT2D eigenvalue weighted by atomic mass is 16.6. The average Bonchev–Trinajstić information content (AvgIpc) is 1.66. The van der Waals surface area contributed by atoms with Crippen molar-refractivity contribution in [1.82, 2.24) is 0 Å². The maximum atomic E-state index is 9.55. The van der Waals surface area contributed by atoms with Crippen LogP contribution in [0.5, 0.6) is 0 Å². The highest BCUT2D eigenvalue weighted by Gasteiger charge is 1.93. The van der Waals surface area contributed by atoms with Crippen LogP contribution in [0.25, 0.3) is 0 Å². The van der Waals surface area contributed by atoms with E-state index in [1.807, 2.05) is 0 Å². The van der Waals surface area contributed by atoms with E-state index < -0.39 is 4.92 Å². The molecular weight excluding hydrogens is 110 g/mol. The van der Waals surface area contributed by atoms with Crippen molar-refractivity contribution in [2.75, 3.05) is 6.54 Å². The van der Waals surface area contributed by atoms with E-state index in [2.05, 4.69) is 0 Å². The molecule has 0 atom stereocenters. The van der Waals surface area contributed by atoms with Crippen molar-refractivity contribution >= 4 is 6.29 Å². The minimum absolute atomic E-state index is 0.130. The first-order chi connectivity index (χ1) is 3.77. The summed E-state index contributed by atoms with van der Waals surface area (Å²) < 4.78 is 0. The second kappa shape index (κ2) is 4.23. The molecule has 0 N–H and O–H groups in total. The third-order valence-corrected chi connectivity index (χ3v) is 0.620. The molecule has 0 aliphatic heterocycles. The first kappa shape index (κ1) is 7.07. The van der Waals surface area contributed by atoms with Gasteiger partial charge in [0.25, 0.3) is 0 Å². The first-order valence-electron chi connectivity index (χ1n) is 2.24. The maximum absolute atomic E-state index is 9.55. The molecule has 0 unspecified atom stereocenters. The summed E-state index contributed by atoms with van der Waals surface area (Å²) in [6.07, 6.45) is 2.04. The van der Waals surface area contributed by atoms with Crippen molar-refractivity contribution in [2.24, 2.45) is 0 Å². The number of rotatable bonds is 4. The average molecular weight is 116 g/mol. The molecule has 0 bridgehead atoms. The topological polar surface area (TPSA) is 60.2 Å². The van der Waals surface area contributed by atoms with Crippen molar-refractivity contribution in [2.45, 2.75) is 12.8 Å². The van der Waals surface area contributed by atoms with Gasteiger partial charge in [-0.2, -0.15) is 0 Å². The molecule has 0 aliphatic rings. The van der Waals surface area contributed by atoms with Gasteiger partial charge in [0.05, 0.1) is 0 Å². The lowest BCUT2D eigenvalue weighted by Gasteiger charge is -1.84. The van der Waals surface area contributed by atoms with E-state index >= 15 is 0 Å². The minimum atomic E-state index is -0.447. The highest BCUT2D eigenvalue weighted by molar-refractivity contribution is 5.50. The third-order valence-electron chi connectivity index (χ3n) is 0.620. The van der Waals surface area contributed by atoms with Crippen LogP contribution in [0.3, 0.4) is 0 Å².